The summed E-state index contributed by atoms with van der Waals surface area (Å²) >= 11 is 0. The summed E-state index contributed by atoms with van der Waals surface area (Å²) in [4.78, 5) is 2.00. The molecule has 0 saturated carbocycles. The molecule has 0 aliphatic rings. The van der Waals surface area contributed by atoms with Crippen LogP contribution in [0.1, 0.15) is 24.5 Å². The Labute approximate surface area is 122 Å². The Balaban J connectivity index is 2.92. The van der Waals surface area contributed by atoms with E-state index in [1.54, 1.807) is 0 Å². The molecule has 1 atom stereocenters. The van der Waals surface area contributed by atoms with Crippen molar-refractivity contribution in [3.63, 3.8) is 0 Å². The van der Waals surface area contributed by atoms with Gasteiger partial charge in [-0.25, -0.2) is 8.42 Å². The first kappa shape index (κ1) is 17.0. The zero-order valence-electron chi connectivity index (χ0n) is 12.9. The Hall–Kier alpha value is -1.07. The first-order valence-corrected chi connectivity index (χ1v) is 9.03. The smallest absolute Gasteiger partial charge is 0.149 e. The Bertz CT molecular complexity index is 541. The second-order valence-corrected chi connectivity index (χ2v) is 7.82. The lowest BCUT2D eigenvalue weighted by Crippen LogP contribution is -2.27. The quantitative estimate of drug-likeness (QED) is 0.833. The lowest BCUT2D eigenvalue weighted by atomic mass is 10.0. The number of hydrogen-bond acceptors (Lipinski definition) is 4. The Morgan fingerprint density at radius 3 is 2.55 bits per heavy atom. The van der Waals surface area contributed by atoms with Crippen LogP contribution in [0.3, 0.4) is 0 Å². The predicted molar refractivity (Wildman–Crippen MR) is 86.1 cm³/mol. The van der Waals surface area contributed by atoms with E-state index >= 15 is 0 Å². The van der Waals surface area contributed by atoms with Gasteiger partial charge in [0.05, 0.1) is 5.75 Å². The highest BCUT2D eigenvalue weighted by Crippen LogP contribution is 2.22. The fourth-order valence-electron chi connectivity index (χ4n) is 2.10. The number of benzene rings is 1. The van der Waals surface area contributed by atoms with Gasteiger partial charge in [0, 0.05) is 31.6 Å². The van der Waals surface area contributed by atoms with Gasteiger partial charge < -0.3 is 10.6 Å². The summed E-state index contributed by atoms with van der Waals surface area (Å²) in [6.45, 7) is 4.63. The highest BCUT2D eigenvalue weighted by molar-refractivity contribution is 7.90. The fraction of sp³-hybridized carbons (Fsp3) is 0.600. The Kier molecular flexibility index (Phi) is 6.02. The van der Waals surface area contributed by atoms with Crippen LogP contribution >= 0.6 is 0 Å². The van der Waals surface area contributed by atoms with Gasteiger partial charge in [-0.15, -0.1) is 0 Å². The summed E-state index contributed by atoms with van der Waals surface area (Å²) in [6.07, 6.45) is 3.01. The minimum absolute atomic E-state index is 0.138. The molecule has 114 valence electrons. The molecule has 0 heterocycles. The average Bonchev–Trinajstić information content (AvgIpc) is 2.35. The molecular weight excluding hydrogens is 272 g/mol. The van der Waals surface area contributed by atoms with E-state index in [0.717, 1.165) is 18.5 Å². The molecule has 0 fully saturated rings. The van der Waals surface area contributed by atoms with Crippen molar-refractivity contribution in [2.24, 2.45) is 5.73 Å². The minimum Gasteiger partial charge on any atom is -0.373 e. The third-order valence-corrected chi connectivity index (χ3v) is 4.37. The van der Waals surface area contributed by atoms with E-state index < -0.39 is 9.84 Å². The van der Waals surface area contributed by atoms with Crippen LogP contribution in [-0.4, -0.2) is 40.1 Å². The first-order chi connectivity index (χ1) is 9.23. The van der Waals surface area contributed by atoms with Crippen molar-refractivity contribution >= 4 is 15.5 Å². The van der Waals surface area contributed by atoms with E-state index in [-0.39, 0.29) is 11.8 Å². The van der Waals surface area contributed by atoms with E-state index in [1.807, 2.05) is 18.0 Å². The zero-order chi connectivity index (χ0) is 15.3. The van der Waals surface area contributed by atoms with Crippen molar-refractivity contribution in [3.8, 4) is 0 Å². The van der Waals surface area contributed by atoms with Gasteiger partial charge in [0.25, 0.3) is 0 Å². The first-order valence-electron chi connectivity index (χ1n) is 6.97. The molecule has 0 aromatic heterocycles. The number of rotatable bonds is 7. The monoisotopic (exact) mass is 298 g/mol. The van der Waals surface area contributed by atoms with E-state index in [2.05, 4.69) is 26.0 Å². The normalized spacial score (nSPS) is 13.2. The van der Waals surface area contributed by atoms with Crippen molar-refractivity contribution in [1.29, 1.82) is 0 Å². The van der Waals surface area contributed by atoms with Crippen LogP contribution in [-0.2, 0) is 16.3 Å². The molecule has 4 nitrogen and oxygen atoms in total. The molecule has 1 rings (SSSR count). The van der Waals surface area contributed by atoms with E-state index in [4.69, 9.17) is 5.73 Å². The third kappa shape index (κ3) is 5.51. The molecule has 0 spiro atoms. The molecule has 1 aromatic rings. The number of hydrogen-bond donors (Lipinski definition) is 1. The molecule has 5 heteroatoms. The summed E-state index contributed by atoms with van der Waals surface area (Å²) in [5.41, 5.74) is 9.51. The van der Waals surface area contributed by atoms with Gasteiger partial charge in [0.1, 0.15) is 9.84 Å². The molecule has 0 aliphatic heterocycles. The van der Waals surface area contributed by atoms with Crippen LogP contribution < -0.4 is 10.6 Å². The molecule has 0 saturated heterocycles. The average molecular weight is 298 g/mol. The molecule has 0 radical (unpaired) electrons. The van der Waals surface area contributed by atoms with Gasteiger partial charge in [-0.3, -0.25) is 0 Å². The maximum Gasteiger partial charge on any atom is 0.149 e. The van der Waals surface area contributed by atoms with Gasteiger partial charge >= 0.3 is 0 Å². The molecular formula is C15H26N2O2S. The summed E-state index contributed by atoms with van der Waals surface area (Å²) in [6, 6.07) is 6.38. The summed E-state index contributed by atoms with van der Waals surface area (Å²) < 4.78 is 22.6. The zero-order valence-corrected chi connectivity index (χ0v) is 13.7. The molecule has 2 N–H and O–H groups in total. The number of aryl methyl sites for hydroxylation is 1. The number of nitrogens with two attached hydrogens (primary N) is 1. The molecule has 0 aliphatic carbocycles. The maximum atomic E-state index is 11.3. The van der Waals surface area contributed by atoms with Gasteiger partial charge in [-0.2, -0.15) is 0 Å². The second kappa shape index (κ2) is 7.09. The topological polar surface area (TPSA) is 63.4 Å². The molecule has 1 aromatic carbocycles. The van der Waals surface area contributed by atoms with E-state index in [9.17, 15) is 8.42 Å². The lowest BCUT2D eigenvalue weighted by Gasteiger charge is -2.24. The van der Waals surface area contributed by atoms with E-state index in [0.29, 0.717) is 6.54 Å². The minimum atomic E-state index is -2.94. The molecule has 0 bridgehead atoms. The van der Waals surface area contributed by atoms with Crippen molar-refractivity contribution in [1.82, 2.24) is 0 Å². The number of sulfone groups is 1. The largest absolute Gasteiger partial charge is 0.373 e. The maximum absolute atomic E-state index is 11.3. The van der Waals surface area contributed by atoms with E-state index in [1.165, 1.54) is 17.4 Å². The molecule has 1 unspecified atom stereocenters. The number of anilines is 1. The van der Waals surface area contributed by atoms with Crippen LogP contribution in [0.4, 0.5) is 5.69 Å². The SMILES string of the molecule is CCC(N)Cc1cc(C)ccc1N(C)CCS(C)(=O)=O. The fourth-order valence-corrected chi connectivity index (χ4v) is 2.71. The Morgan fingerprint density at radius 1 is 1.35 bits per heavy atom. The highest BCUT2D eigenvalue weighted by atomic mass is 32.2. The lowest BCUT2D eigenvalue weighted by molar-refractivity contribution is 0.601. The van der Waals surface area contributed by atoms with Crippen molar-refractivity contribution < 1.29 is 8.42 Å². The van der Waals surface area contributed by atoms with Crippen molar-refractivity contribution in [3.05, 3.63) is 29.3 Å². The van der Waals surface area contributed by atoms with Crippen molar-refractivity contribution in [2.45, 2.75) is 32.7 Å². The molecule has 0 amide bonds. The van der Waals surface area contributed by atoms with Crippen molar-refractivity contribution in [2.75, 3.05) is 30.5 Å². The standard InChI is InChI=1S/C15H26N2O2S/c1-5-14(16)11-13-10-12(2)6-7-15(13)17(3)8-9-20(4,18)19/h6-7,10,14H,5,8-9,11,16H2,1-4H3. The Morgan fingerprint density at radius 2 is 2.00 bits per heavy atom. The number of nitrogens with zero attached hydrogens (tertiary/aromatic N) is 1. The summed E-state index contributed by atoms with van der Waals surface area (Å²) in [7, 11) is -1.01. The van der Waals surface area contributed by atoms with Gasteiger partial charge in [0.15, 0.2) is 0 Å². The van der Waals surface area contributed by atoms with Gasteiger partial charge in [0.2, 0.25) is 0 Å². The highest BCUT2D eigenvalue weighted by Gasteiger charge is 2.12. The van der Waals surface area contributed by atoms with Crippen LogP contribution in [0.25, 0.3) is 0 Å². The van der Waals surface area contributed by atoms with Gasteiger partial charge in [-0.1, -0.05) is 24.6 Å². The summed E-state index contributed by atoms with van der Waals surface area (Å²) in [5, 5.41) is 0. The molecule has 20 heavy (non-hydrogen) atoms. The van der Waals surface area contributed by atoms with Gasteiger partial charge in [-0.05, 0) is 31.4 Å². The van der Waals surface area contributed by atoms with Crippen LogP contribution in [0.15, 0.2) is 18.2 Å². The summed E-state index contributed by atoms with van der Waals surface area (Å²) in [5.74, 6) is 0.163. The van der Waals surface area contributed by atoms with Crippen LogP contribution in [0.5, 0.6) is 0 Å². The predicted octanol–water partition coefficient (Wildman–Crippen LogP) is 1.76. The van der Waals surface area contributed by atoms with Crippen LogP contribution in [0, 0.1) is 6.92 Å². The second-order valence-electron chi connectivity index (χ2n) is 5.56. The van der Waals surface area contributed by atoms with Crippen LogP contribution in [0.2, 0.25) is 0 Å². The third-order valence-electron chi connectivity index (χ3n) is 3.45.